The average molecular weight is 598 g/mol. The van der Waals surface area contributed by atoms with Crippen LogP contribution in [0.2, 0.25) is 0 Å². The van der Waals surface area contributed by atoms with E-state index < -0.39 is 26.8 Å². The van der Waals surface area contributed by atoms with Gasteiger partial charge in [0.25, 0.3) is 10.0 Å². The number of thioether (sulfide) groups is 1. The highest BCUT2D eigenvalue weighted by Gasteiger charge is 2.49. The lowest BCUT2D eigenvalue weighted by Gasteiger charge is -2.41. The second kappa shape index (κ2) is 12.0. The van der Waals surface area contributed by atoms with E-state index in [0.717, 1.165) is 16.0 Å². The number of Topliss-reactive ketones (excluding diaryl/α,β-unsaturated/α-hetero) is 1. The quantitative estimate of drug-likeness (QED) is 0.229. The number of anilines is 1. The lowest BCUT2D eigenvalue weighted by Crippen LogP contribution is -2.52. The van der Waals surface area contributed by atoms with Gasteiger partial charge in [0.05, 0.1) is 12.0 Å². The molecule has 1 aromatic heterocycles. The Morgan fingerprint density at radius 1 is 1.17 bits per heavy atom. The number of aryl methyl sites for hydroxylation is 2. The zero-order valence-electron chi connectivity index (χ0n) is 24.5. The van der Waals surface area contributed by atoms with Crippen molar-refractivity contribution in [1.82, 2.24) is 9.55 Å². The third-order valence-corrected chi connectivity index (χ3v) is 9.99. The Morgan fingerprint density at radius 2 is 1.88 bits per heavy atom. The van der Waals surface area contributed by atoms with Crippen LogP contribution in [0.4, 0.5) is 5.69 Å². The van der Waals surface area contributed by atoms with Crippen molar-refractivity contribution in [3.63, 3.8) is 0 Å². The number of aromatic nitrogens is 2. The van der Waals surface area contributed by atoms with Gasteiger partial charge in [0.1, 0.15) is 11.5 Å². The number of hydrogen-bond acceptors (Lipinski definition) is 7. The third-order valence-electron chi connectivity index (χ3n) is 7.54. The first-order chi connectivity index (χ1) is 19.2. The molecule has 1 aliphatic rings. The van der Waals surface area contributed by atoms with Gasteiger partial charge >= 0.3 is 5.97 Å². The Morgan fingerprint density at radius 3 is 2.46 bits per heavy atom. The number of carbonyl (C=O) groups excluding carboxylic acids is 2. The summed E-state index contributed by atoms with van der Waals surface area (Å²) in [7, 11) is -3.71. The fourth-order valence-corrected chi connectivity index (χ4v) is 7.55. The van der Waals surface area contributed by atoms with E-state index in [1.807, 2.05) is 71.0 Å². The number of imidazole rings is 1. The second-order valence-electron chi connectivity index (χ2n) is 12.1. The van der Waals surface area contributed by atoms with Gasteiger partial charge in [-0.25, -0.2) is 13.4 Å². The molecule has 2 unspecified atom stereocenters. The maximum absolute atomic E-state index is 13.6. The molecule has 1 aliphatic heterocycles. The molecule has 0 radical (unpaired) electrons. The summed E-state index contributed by atoms with van der Waals surface area (Å²) in [5, 5.41) is -0.983. The predicted molar refractivity (Wildman–Crippen MR) is 162 cm³/mol. The minimum Gasteiger partial charge on any atom is -0.457 e. The van der Waals surface area contributed by atoms with Gasteiger partial charge in [-0.15, -0.1) is 11.8 Å². The molecule has 41 heavy (non-hydrogen) atoms. The molecule has 0 bridgehead atoms. The number of cyclic esters (lactones) is 1. The number of benzene rings is 2. The van der Waals surface area contributed by atoms with Crippen LogP contribution in [0.3, 0.4) is 0 Å². The minimum absolute atomic E-state index is 0.0212. The molecule has 1 N–H and O–H groups in total. The summed E-state index contributed by atoms with van der Waals surface area (Å²) in [6.45, 7) is 11.8. The number of ketones is 1. The van der Waals surface area contributed by atoms with Crippen molar-refractivity contribution in [2.24, 2.45) is 5.92 Å². The monoisotopic (exact) mass is 597 g/mol. The number of nitrogens with one attached hydrogen (secondary N) is 1. The Hall–Kier alpha value is -3.11. The van der Waals surface area contributed by atoms with Crippen molar-refractivity contribution in [2.45, 2.75) is 87.8 Å². The molecule has 8 nitrogen and oxygen atoms in total. The first-order valence-electron chi connectivity index (χ1n) is 13.8. The number of carbonyl (C=O) groups is 2. The van der Waals surface area contributed by atoms with Crippen molar-refractivity contribution in [2.75, 3.05) is 4.72 Å². The standard InChI is InChI=1S/C31H39N3O5S2/c1-21(2)31(13-12-23-10-8-7-9-11-23)18-26(35)28(29(36)39-31)40-27-16-22(3)25(17-24(27)30(4,5)6)33-41(37,38)20-34-15-14-32-19-34/h7-11,14-17,19,21,28,33H,12-13,18,20H2,1-6H3. The van der Waals surface area contributed by atoms with Crippen LogP contribution >= 0.6 is 11.8 Å². The fraction of sp³-hybridized carbons (Fsp3) is 0.452. The van der Waals surface area contributed by atoms with Gasteiger partial charge in [-0.05, 0) is 59.9 Å². The number of hydrogen-bond donors (Lipinski definition) is 1. The van der Waals surface area contributed by atoms with E-state index in [1.54, 1.807) is 19.2 Å². The van der Waals surface area contributed by atoms with E-state index in [1.165, 1.54) is 28.9 Å². The van der Waals surface area contributed by atoms with Crippen LogP contribution < -0.4 is 4.72 Å². The summed E-state index contributed by atoms with van der Waals surface area (Å²) in [5.41, 5.74) is 1.88. The second-order valence-corrected chi connectivity index (χ2v) is 14.9. The number of esters is 1. The van der Waals surface area contributed by atoms with Crippen molar-refractivity contribution in [3.05, 3.63) is 77.9 Å². The molecule has 2 aromatic carbocycles. The molecular formula is C31H39N3O5S2. The van der Waals surface area contributed by atoms with Crippen LogP contribution in [-0.2, 0) is 42.1 Å². The highest BCUT2D eigenvalue weighted by atomic mass is 32.2. The van der Waals surface area contributed by atoms with E-state index in [2.05, 4.69) is 9.71 Å². The van der Waals surface area contributed by atoms with Gasteiger partial charge < -0.3 is 9.30 Å². The van der Waals surface area contributed by atoms with Gasteiger partial charge in [0.15, 0.2) is 11.0 Å². The Labute approximate surface area is 247 Å². The van der Waals surface area contributed by atoms with Gasteiger partial charge in [-0.1, -0.05) is 65.0 Å². The summed E-state index contributed by atoms with van der Waals surface area (Å²) in [4.78, 5) is 31.7. The smallest absolute Gasteiger partial charge is 0.327 e. The molecule has 10 heteroatoms. The fourth-order valence-electron chi connectivity index (χ4n) is 5.03. The van der Waals surface area contributed by atoms with E-state index >= 15 is 0 Å². The zero-order chi connectivity index (χ0) is 30.0. The molecule has 3 aromatic rings. The Bertz CT molecular complexity index is 1480. The molecule has 220 valence electrons. The zero-order valence-corrected chi connectivity index (χ0v) is 26.1. The van der Waals surface area contributed by atoms with Gasteiger partial charge in [-0.2, -0.15) is 0 Å². The number of ether oxygens (including phenoxy) is 1. The molecule has 0 saturated carbocycles. The first kappa shape index (κ1) is 30.8. The predicted octanol–water partition coefficient (Wildman–Crippen LogP) is 5.89. The highest BCUT2D eigenvalue weighted by Crippen LogP contribution is 2.43. The maximum Gasteiger partial charge on any atom is 0.327 e. The molecule has 2 atom stereocenters. The van der Waals surface area contributed by atoms with Crippen LogP contribution in [0.1, 0.15) is 64.2 Å². The molecule has 0 spiro atoms. The largest absolute Gasteiger partial charge is 0.457 e. The number of nitrogens with zero attached hydrogens (tertiary/aromatic N) is 2. The van der Waals surface area contributed by atoms with Crippen LogP contribution in [-0.4, -0.2) is 40.6 Å². The lowest BCUT2D eigenvalue weighted by atomic mass is 9.78. The van der Waals surface area contributed by atoms with E-state index in [-0.39, 0.29) is 29.4 Å². The number of sulfonamides is 1. The van der Waals surface area contributed by atoms with Gasteiger partial charge in [0.2, 0.25) is 0 Å². The summed E-state index contributed by atoms with van der Waals surface area (Å²) in [6.07, 6.45) is 6.00. The Balaban J connectivity index is 1.56. The SMILES string of the molecule is Cc1cc(SC2C(=O)CC(CCc3ccccc3)(C(C)C)OC2=O)c(C(C)(C)C)cc1NS(=O)(=O)Cn1ccnc1. The molecule has 1 saturated heterocycles. The summed E-state index contributed by atoms with van der Waals surface area (Å²) in [6, 6.07) is 13.7. The highest BCUT2D eigenvalue weighted by molar-refractivity contribution is 8.01. The average Bonchev–Trinajstić information content (AvgIpc) is 3.38. The lowest BCUT2D eigenvalue weighted by molar-refractivity contribution is -0.176. The first-order valence-corrected chi connectivity index (χ1v) is 16.3. The van der Waals surface area contributed by atoms with Crippen molar-refractivity contribution >= 4 is 39.2 Å². The molecular weight excluding hydrogens is 558 g/mol. The summed E-state index contributed by atoms with van der Waals surface area (Å²) < 4.78 is 36.0. The third kappa shape index (κ3) is 7.40. The van der Waals surface area contributed by atoms with E-state index in [0.29, 0.717) is 24.1 Å². The normalized spacial score (nSPS) is 19.8. The summed E-state index contributed by atoms with van der Waals surface area (Å²) in [5.74, 6) is -0.948. The van der Waals surface area contributed by atoms with Gasteiger partial charge in [-0.3, -0.25) is 14.3 Å². The molecule has 0 amide bonds. The van der Waals surface area contributed by atoms with E-state index in [9.17, 15) is 18.0 Å². The molecule has 4 rings (SSSR count). The molecule has 2 heterocycles. The van der Waals surface area contributed by atoms with Crippen LogP contribution in [0.5, 0.6) is 0 Å². The number of rotatable bonds is 10. The summed E-state index contributed by atoms with van der Waals surface area (Å²) >= 11 is 1.19. The molecule has 0 aliphatic carbocycles. The van der Waals surface area contributed by atoms with Crippen LogP contribution in [0, 0.1) is 12.8 Å². The Kier molecular flexibility index (Phi) is 9.04. The van der Waals surface area contributed by atoms with Crippen molar-refractivity contribution < 1.29 is 22.7 Å². The van der Waals surface area contributed by atoms with Crippen LogP contribution in [0.25, 0.3) is 0 Å². The topological polar surface area (TPSA) is 107 Å². The molecule has 1 fully saturated rings. The van der Waals surface area contributed by atoms with E-state index in [4.69, 9.17) is 4.74 Å². The van der Waals surface area contributed by atoms with Crippen molar-refractivity contribution in [1.29, 1.82) is 0 Å². The van der Waals surface area contributed by atoms with Crippen molar-refractivity contribution in [3.8, 4) is 0 Å². The minimum atomic E-state index is -3.71. The van der Waals surface area contributed by atoms with Gasteiger partial charge in [0, 0.05) is 23.7 Å². The maximum atomic E-state index is 13.6. The van der Waals surface area contributed by atoms with Crippen LogP contribution in [0.15, 0.2) is 66.1 Å².